The van der Waals surface area contributed by atoms with Gasteiger partial charge in [0.05, 0.1) is 22.7 Å². The zero-order valence-electron chi connectivity index (χ0n) is 23.6. The third kappa shape index (κ3) is 6.78. The second-order valence-corrected chi connectivity index (χ2v) is 10.9. The quantitative estimate of drug-likeness (QED) is 0.212. The first-order chi connectivity index (χ1) is 20.2. The van der Waals surface area contributed by atoms with Crippen molar-refractivity contribution in [3.8, 4) is 17.0 Å². The molecule has 0 saturated heterocycles. The average molecular weight is 640 g/mol. The molecule has 1 fully saturated rings. The molecule has 3 aromatic carbocycles. The smallest absolute Gasteiger partial charge is 0.387 e. The number of carbonyl (C=O) groups is 2. The topological polar surface area (TPSA) is 88.5 Å². The van der Waals surface area contributed by atoms with Crippen LogP contribution in [0.5, 0.6) is 5.75 Å². The maximum atomic E-state index is 14.1. The highest BCUT2D eigenvalue weighted by Gasteiger charge is 2.37. The summed E-state index contributed by atoms with van der Waals surface area (Å²) in [6.07, 6.45) is 0.903. The van der Waals surface area contributed by atoms with Gasteiger partial charge >= 0.3 is 12.6 Å². The standard InChI is InChI=1S/C31H27BrF2N2O4.C2H6/c1-17-27(23-16-20(32)12-14-25(23)35-28(17)18-7-3-2-4-8-18)29(37)36-24-13-11-19(30(38)39)15-22(24)21-9-5-6-10-26(21)40-31(33)34;1-2/h2-10,12,14,16,19,22,24,31H,11,13,15H2,1H3,(H,36,37)(H,38,39);1-2H3. The van der Waals surface area contributed by atoms with Crippen LogP contribution in [0.3, 0.4) is 0 Å². The number of hydrogen-bond donors (Lipinski definition) is 2. The molecule has 1 aromatic heterocycles. The van der Waals surface area contributed by atoms with Gasteiger partial charge in [-0.15, -0.1) is 0 Å². The fourth-order valence-corrected chi connectivity index (χ4v) is 6.00. The van der Waals surface area contributed by atoms with Crippen molar-refractivity contribution >= 4 is 38.7 Å². The van der Waals surface area contributed by atoms with E-state index in [4.69, 9.17) is 9.72 Å². The number of carboxylic acid groups (broad SMARTS) is 1. The molecule has 9 heteroatoms. The van der Waals surface area contributed by atoms with Crippen molar-refractivity contribution in [2.45, 2.75) is 58.6 Å². The molecule has 1 heterocycles. The third-order valence-corrected chi connectivity index (χ3v) is 8.01. The third-order valence-electron chi connectivity index (χ3n) is 7.52. The highest BCUT2D eigenvalue weighted by molar-refractivity contribution is 9.10. The second kappa shape index (κ2) is 13.9. The number of amides is 1. The maximum Gasteiger partial charge on any atom is 0.387 e. The van der Waals surface area contributed by atoms with E-state index < -0.39 is 30.5 Å². The molecule has 0 spiro atoms. The fourth-order valence-electron chi connectivity index (χ4n) is 5.64. The lowest BCUT2D eigenvalue weighted by Crippen LogP contribution is -2.44. The number of carboxylic acids is 1. The van der Waals surface area contributed by atoms with Gasteiger partial charge in [-0.25, -0.2) is 4.98 Å². The van der Waals surface area contributed by atoms with Crippen LogP contribution in [0, 0.1) is 12.8 Å². The molecule has 220 valence electrons. The van der Waals surface area contributed by atoms with E-state index in [0.29, 0.717) is 46.1 Å². The zero-order valence-corrected chi connectivity index (χ0v) is 25.2. The number of alkyl halides is 2. The Morgan fingerprint density at radius 3 is 2.40 bits per heavy atom. The number of nitrogens with one attached hydrogen (secondary N) is 1. The molecule has 1 saturated carbocycles. The Labute approximate surface area is 252 Å². The highest BCUT2D eigenvalue weighted by atomic mass is 79.9. The van der Waals surface area contributed by atoms with Crippen molar-refractivity contribution in [3.63, 3.8) is 0 Å². The van der Waals surface area contributed by atoms with Gasteiger partial charge in [-0.1, -0.05) is 78.3 Å². The van der Waals surface area contributed by atoms with E-state index in [1.807, 2.05) is 69.3 Å². The van der Waals surface area contributed by atoms with Crippen molar-refractivity contribution < 1.29 is 28.2 Å². The normalized spacial score (nSPS) is 18.2. The van der Waals surface area contributed by atoms with Gasteiger partial charge < -0.3 is 15.2 Å². The summed E-state index contributed by atoms with van der Waals surface area (Å²) in [6.45, 7) is 2.82. The number of hydrogen-bond acceptors (Lipinski definition) is 4. The largest absolute Gasteiger partial charge is 0.481 e. The van der Waals surface area contributed by atoms with Gasteiger partial charge in [0, 0.05) is 27.4 Å². The van der Waals surface area contributed by atoms with Crippen molar-refractivity contribution in [1.29, 1.82) is 0 Å². The molecule has 1 aliphatic carbocycles. The monoisotopic (exact) mass is 638 g/mol. The van der Waals surface area contributed by atoms with E-state index in [1.165, 1.54) is 6.07 Å². The Bertz CT molecular complexity index is 1560. The number of pyridine rings is 1. The number of para-hydroxylation sites is 1. The Hall–Kier alpha value is -3.85. The van der Waals surface area contributed by atoms with Gasteiger partial charge in [0.2, 0.25) is 0 Å². The molecule has 1 aliphatic rings. The van der Waals surface area contributed by atoms with E-state index in [1.54, 1.807) is 18.2 Å². The lowest BCUT2D eigenvalue weighted by atomic mass is 9.74. The Morgan fingerprint density at radius 2 is 1.71 bits per heavy atom. The molecule has 6 nitrogen and oxygen atoms in total. The minimum absolute atomic E-state index is 0.0198. The Balaban J connectivity index is 0.00000198. The minimum Gasteiger partial charge on any atom is -0.481 e. The highest BCUT2D eigenvalue weighted by Crippen LogP contribution is 2.41. The summed E-state index contributed by atoms with van der Waals surface area (Å²) < 4.78 is 32.0. The summed E-state index contributed by atoms with van der Waals surface area (Å²) in [5.41, 5.74) is 3.81. The maximum absolute atomic E-state index is 14.1. The molecule has 0 radical (unpaired) electrons. The number of nitrogens with zero attached hydrogens (tertiary/aromatic N) is 1. The summed E-state index contributed by atoms with van der Waals surface area (Å²) in [5.74, 6) is -2.51. The van der Waals surface area contributed by atoms with Gasteiger partial charge in [0.1, 0.15) is 5.75 Å². The molecule has 0 bridgehead atoms. The van der Waals surface area contributed by atoms with E-state index in [0.717, 1.165) is 10.0 Å². The number of benzene rings is 3. The molecule has 4 aromatic rings. The number of aromatic nitrogens is 1. The average Bonchev–Trinajstić information content (AvgIpc) is 2.98. The number of fused-ring (bicyclic) bond motifs is 1. The lowest BCUT2D eigenvalue weighted by molar-refractivity contribution is -0.143. The van der Waals surface area contributed by atoms with Crippen LogP contribution >= 0.6 is 15.9 Å². The Morgan fingerprint density at radius 1 is 1.02 bits per heavy atom. The molecular formula is C33H33BrF2N2O4. The molecule has 1 amide bonds. The molecule has 5 rings (SSSR count). The van der Waals surface area contributed by atoms with Crippen LogP contribution in [-0.2, 0) is 4.79 Å². The van der Waals surface area contributed by atoms with Crippen LogP contribution in [0.2, 0.25) is 0 Å². The van der Waals surface area contributed by atoms with Crippen molar-refractivity contribution in [2.24, 2.45) is 5.92 Å². The first-order valence-electron chi connectivity index (χ1n) is 14.0. The van der Waals surface area contributed by atoms with Gasteiger partial charge in [-0.2, -0.15) is 8.78 Å². The summed E-state index contributed by atoms with van der Waals surface area (Å²) >= 11 is 3.50. The van der Waals surface area contributed by atoms with E-state index in [-0.39, 0.29) is 18.1 Å². The first-order valence-corrected chi connectivity index (χ1v) is 14.7. The van der Waals surface area contributed by atoms with E-state index in [2.05, 4.69) is 21.2 Å². The van der Waals surface area contributed by atoms with Gasteiger partial charge in [-0.05, 0) is 61.6 Å². The number of halogens is 3. The second-order valence-electron chi connectivity index (χ2n) is 9.94. The van der Waals surface area contributed by atoms with Crippen molar-refractivity contribution in [1.82, 2.24) is 10.3 Å². The summed E-state index contributed by atoms with van der Waals surface area (Å²) in [5, 5.41) is 13.5. The van der Waals surface area contributed by atoms with Crippen LogP contribution in [0.25, 0.3) is 22.2 Å². The zero-order chi connectivity index (χ0) is 30.4. The Kier molecular flexibility index (Phi) is 10.3. The summed E-state index contributed by atoms with van der Waals surface area (Å²) in [7, 11) is 0. The van der Waals surface area contributed by atoms with Gasteiger partial charge in [-0.3, -0.25) is 9.59 Å². The molecule has 2 N–H and O–H groups in total. The number of ether oxygens (including phenoxy) is 1. The van der Waals surface area contributed by atoms with Crippen LogP contribution < -0.4 is 10.1 Å². The van der Waals surface area contributed by atoms with Crippen LogP contribution in [-0.4, -0.2) is 34.6 Å². The van der Waals surface area contributed by atoms with E-state index in [9.17, 15) is 23.5 Å². The first kappa shape index (κ1) is 31.1. The SMILES string of the molecule is CC.Cc1c(-c2ccccc2)nc2ccc(Br)cc2c1C(=O)NC1CCC(C(=O)O)CC1c1ccccc1OC(F)F. The number of rotatable bonds is 7. The number of aliphatic carboxylic acids is 1. The fraction of sp³-hybridized carbons (Fsp3) is 0.303. The van der Waals surface area contributed by atoms with Crippen LogP contribution in [0.15, 0.2) is 77.3 Å². The van der Waals surface area contributed by atoms with Crippen molar-refractivity contribution in [2.75, 3.05) is 0 Å². The van der Waals surface area contributed by atoms with E-state index >= 15 is 0 Å². The van der Waals surface area contributed by atoms with Crippen LogP contribution in [0.1, 0.15) is 60.5 Å². The van der Waals surface area contributed by atoms with Gasteiger partial charge in [0.15, 0.2) is 0 Å². The predicted molar refractivity (Wildman–Crippen MR) is 163 cm³/mol. The lowest BCUT2D eigenvalue weighted by Gasteiger charge is -2.36. The molecule has 3 atom stereocenters. The summed E-state index contributed by atoms with van der Waals surface area (Å²) in [4.78, 5) is 30.8. The predicted octanol–water partition coefficient (Wildman–Crippen LogP) is 8.37. The van der Waals surface area contributed by atoms with Crippen molar-refractivity contribution in [3.05, 3.63) is 94.0 Å². The molecule has 42 heavy (non-hydrogen) atoms. The summed E-state index contributed by atoms with van der Waals surface area (Å²) in [6, 6.07) is 21.0. The van der Waals surface area contributed by atoms with Crippen LogP contribution in [0.4, 0.5) is 8.78 Å². The number of carbonyl (C=O) groups excluding carboxylic acids is 1. The van der Waals surface area contributed by atoms with Gasteiger partial charge in [0.25, 0.3) is 5.91 Å². The minimum atomic E-state index is -3.03. The molecular weight excluding hydrogens is 606 g/mol. The molecule has 3 unspecified atom stereocenters. The molecule has 0 aliphatic heterocycles.